The maximum atomic E-state index is 12.3. The summed E-state index contributed by atoms with van der Waals surface area (Å²) in [7, 11) is -2.34. The fraction of sp³-hybridized carbons (Fsp3) is 0.235. The maximum absolute atomic E-state index is 12.3. The number of hydrogen-bond donors (Lipinski definition) is 2. The molecule has 5 heteroatoms. The van der Waals surface area contributed by atoms with Crippen LogP contribution in [0.4, 0.5) is 5.69 Å². The Morgan fingerprint density at radius 1 is 1.14 bits per heavy atom. The van der Waals surface area contributed by atoms with E-state index in [1.807, 2.05) is 44.2 Å². The normalized spacial score (nSPS) is 16.0. The topological polar surface area (TPSA) is 62.0 Å². The molecule has 114 valence electrons. The zero-order valence-corrected chi connectivity index (χ0v) is 14.0. The molecule has 1 aromatic heterocycles. The quantitative estimate of drug-likeness (QED) is 0.659. The molecule has 3 rings (SSSR count). The van der Waals surface area contributed by atoms with Crippen LogP contribution in [0.15, 0.2) is 24.3 Å². The van der Waals surface area contributed by atoms with Crippen LogP contribution in [0.5, 0.6) is 0 Å². The molecule has 0 spiro atoms. The lowest BCUT2D eigenvalue weighted by atomic mass is 10.1. The molecule has 1 aromatic carbocycles. The molecule has 0 atom stereocenters. The van der Waals surface area contributed by atoms with Gasteiger partial charge in [0.1, 0.15) is 7.14 Å². The van der Waals surface area contributed by atoms with Crippen LogP contribution in [0.1, 0.15) is 22.5 Å². The van der Waals surface area contributed by atoms with E-state index >= 15 is 0 Å². The first-order chi connectivity index (χ1) is 10.3. The van der Waals surface area contributed by atoms with Gasteiger partial charge in [0, 0.05) is 27.9 Å². The van der Waals surface area contributed by atoms with Crippen LogP contribution in [0, 0.1) is 13.8 Å². The molecule has 1 aliphatic rings. The van der Waals surface area contributed by atoms with Crippen molar-refractivity contribution in [3.05, 3.63) is 46.8 Å². The molecule has 2 heterocycles. The van der Waals surface area contributed by atoms with Gasteiger partial charge >= 0.3 is 0 Å². The SMILES string of the molecule is Cc1cc(C)c(C=C2C(=O)Nc3cc(P(C)(C)=O)ccc32)[nH]1. The minimum atomic E-state index is -2.34. The summed E-state index contributed by atoms with van der Waals surface area (Å²) in [5.41, 5.74) is 5.34. The number of aromatic amines is 1. The highest BCUT2D eigenvalue weighted by molar-refractivity contribution is 7.70. The Morgan fingerprint density at radius 3 is 2.45 bits per heavy atom. The molecular weight excluding hydrogens is 295 g/mol. The molecular formula is C17H19N2O2P. The van der Waals surface area contributed by atoms with E-state index in [1.165, 1.54) is 0 Å². The van der Waals surface area contributed by atoms with E-state index in [9.17, 15) is 9.36 Å². The number of amides is 1. The van der Waals surface area contributed by atoms with Crippen molar-refractivity contribution < 1.29 is 9.36 Å². The van der Waals surface area contributed by atoms with Crippen molar-refractivity contribution in [2.75, 3.05) is 18.6 Å². The van der Waals surface area contributed by atoms with Crippen LogP contribution < -0.4 is 10.6 Å². The fourth-order valence-corrected chi connectivity index (χ4v) is 3.58. The number of anilines is 1. The van der Waals surface area contributed by atoms with Crippen molar-refractivity contribution >= 4 is 35.7 Å². The van der Waals surface area contributed by atoms with E-state index in [4.69, 9.17) is 0 Å². The molecule has 0 fully saturated rings. The summed E-state index contributed by atoms with van der Waals surface area (Å²) >= 11 is 0. The summed E-state index contributed by atoms with van der Waals surface area (Å²) in [4.78, 5) is 15.5. The summed E-state index contributed by atoms with van der Waals surface area (Å²) in [6.07, 6.45) is 1.88. The van der Waals surface area contributed by atoms with Crippen molar-refractivity contribution in [3.8, 4) is 0 Å². The Labute approximate surface area is 130 Å². The smallest absolute Gasteiger partial charge is 0.256 e. The Hall–Kier alpha value is -2.06. The van der Waals surface area contributed by atoms with Crippen molar-refractivity contribution in [2.45, 2.75) is 13.8 Å². The molecule has 0 radical (unpaired) electrons. The van der Waals surface area contributed by atoms with Crippen LogP contribution in [0.25, 0.3) is 11.6 Å². The molecule has 0 bridgehead atoms. The molecule has 0 saturated carbocycles. The van der Waals surface area contributed by atoms with Gasteiger partial charge < -0.3 is 14.9 Å². The first-order valence-electron chi connectivity index (χ1n) is 7.15. The zero-order chi connectivity index (χ0) is 16.1. The minimum Gasteiger partial charge on any atom is -0.359 e. The number of fused-ring (bicyclic) bond motifs is 1. The average molecular weight is 314 g/mol. The first-order valence-corrected chi connectivity index (χ1v) is 9.75. The monoisotopic (exact) mass is 314 g/mol. The van der Waals surface area contributed by atoms with Crippen LogP contribution in [-0.2, 0) is 9.36 Å². The largest absolute Gasteiger partial charge is 0.359 e. The zero-order valence-electron chi connectivity index (χ0n) is 13.2. The highest BCUT2D eigenvalue weighted by Gasteiger charge is 2.26. The molecule has 1 aliphatic heterocycles. The van der Waals surface area contributed by atoms with Gasteiger partial charge in [-0.05, 0) is 50.9 Å². The molecule has 0 aliphatic carbocycles. The highest BCUT2D eigenvalue weighted by atomic mass is 31.2. The Balaban J connectivity index is 2.09. The summed E-state index contributed by atoms with van der Waals surface area (Å²) < 4.78 is 12.2. The van der Waals surface area contributed by atoms with Crippen LogP contribution in [0.2, 0.25) is 0 Å². The lowest BCUT2D eigenvalue weighted by Crippen LogP contribution is -2.06. The summed E-state index contributed by atoms with van der Waals surface area (Å²) in [5.74, 6) is -0.124. The lowest BCUT2D eigenvalue weighted by Gasteiger charge is -2.08. The van der Waals surface area contributed by atoms with Gasteiger partial charge in [-0.2, -0.15) is 0 Å². The molecule has 0 unspecified atom stereocenters. The van der Waals surface area contributed by atoms with E-state index in [0.717, 1.165) is 33.5 Å². The molecule has 4 nitrogen and oxygen atoms in total. The summed E-state index contributed by atoms with van der Waals surface area (Å²) in [6.45, 7) is 7.46. The van der Waals surface area contributed by atoms with Gasteiger partial charge in [-0.3, -0.25) is 4.79 Å². The van der Waals surface area contributed by atoms with Crippen LogP contribution in [0.3, 0.4) is 0 Å². The number of aromatic nitrogens is 1. The van der Waals surface area contributed by atoms with Gasteiger partial charge in [0.05, 0.1) is 5.57 Å². The third-order valence-electron chi connectivity index (χ3n) is 3.89. The number of rotatable bonds is 2. The molecule has 1 amide bonds. The maximum Gasteiger partial charge on any atom is 0.256 e. The second-order valence-corrected chi connectivity index (χ2v) is 9.36. The number of aryl methyl sites for hydroxylation is 2. The summed E-state index contributed by atoms with van der Waals surface area (Å²) in [5, 5.41) is 3.64. The third kappa shape index (κ3) is 2.55. The van der Waals surface area contributed by atoms with Gasteiger partial charge in [-0.1, -0.05) is 12.1 Å². The number of nitrogens with one attached hydrogen (secondary N) is 2. The molecule has 2 N–H and O–H groups in total. The number of carbonyl (C=O) groups is 1. The minimum absolute atomic E-state index is 0.124. The van der Waals surface area contributed by atoms with Gasteiger partial charge in [0.25, 0.3) is 5.91 Å². The third-order valence-corrected chi connectivity index (χ3v) is 5.41. The van der Waals surface area contributed by atoms with E-state index in [1.54, 1.807) is 13.3 Å². The number of carbonyl (C=O) groups excluding carboxylic acids is 1. The number of hydrogen-bond acceptors (Lipinski definition) is 2. The Morgan fingerprint density at radius 2 is 1.86 bits per heavy atom. The van der Waals surface area contributed by atoms with Gasteiger partial charge in [-0.25, -0.2) is 0 Å². The van der Waals surface area contributed by atoms with Gasteiger partial charge in [-0.15, -0.1) is 0 Å². The van der Waals surface area contributed by atoms with E-state index in [2.05, 4.69) is 10.3 Å². The lowest BCUT2D eigenvalue weighted by molar-refractivity contribution is -0.110. The number of H-pyrrole nitrogens is 1. The number of benzene rings is 1. The van der Waals surface area contributed by atoms with Crippen molar-refractivity contribution in [2.24, 2.45) is 0 Å². The van der Waals surface area contributed by atoms with Crippen LogP contribution >= 0.6 is 7.14 Å². The van der Waals surface area contributed by atoms with Crippen molar-refractivity contribution in [1.29, 1.82) is 0 Å². The highest BCUT2D eigenvalue weighted by Crippen LogP contribution is 2.39. The second-order valence-electron chi connectivity index (χ2n) is 6.14. The van der Waals surface area contributed by atoms with E-state index < -0.39 is 7.14 Å². The standard InChI is InChI=1S/C17H19N2O2P/c1-10-7-11(2)18-15(10)9-14-13-6-5-12(22(3,4)21)8-16(13)19-17(14)20/h5-9,18H,1-4H3,(H,19,20). The predicted molar refractivity (Wildman–Crippen MR) is 92.3 cm³/mol. The second kappa shape index (κ2) is 4.99. The van der Waals surface area contributed by atoms with Gasteiger partial charge in [0.2, 0.25) is 0 Å². The summed E-state index contributed by atoms with van der Waals surface area (Å²) in [6, 6.07) is 7.59. The van der Waals surface area contributed by atoms with Crippen molar-refractivity contribution in [3.63, 3.8) is 0 Å². The van der Waals surface area contributed by atoms with E-state index in [0.29, 0.717) is 5.57 Å². The van der Waals surface area contributed by atoms with Crippen molar-refractivity contribution in [1.82, 2.24) is 4.98 Å². The Bertz CT molecular complexity index is 856. The predicted octanol–water partition coefficient (Wildman–Crippen LogP) is 3.37. The molecule has 2 aromatic rings. The molecule has 0 saturated heterocycles. The average Bonchev–Trinajstić information content (AvgIpc) is 2.89. The van der Waals surface area contributed by atoms with Crippen LogP contribution in [-0.4, -0.2) is 24.2 Å². The first kappa shape index (κ1) is 14.9. The van der Waals surface area contributed by atoms with E-state index in [-0.39, 0.29) is 5.91 Å². The Kier molecular flexibility index (Phi) is 3.37. The van der Waals surface area contributed by atoms with Gasteiger partial charge in [0.15, 0.2) is 0 Å². The fourth-order valence-electron chi connectivity index (χ4n) is 2.70. The molecule has 22 heavy (non-hydrogen) atoms.